The van der Waals surface area contributed by atoms with Crippen LogP contribution in [0.4, 0.5) is 0 Å². The molecular weight excluding hydrogens is 282 g/mol. The van der Waals surface area contributed by atoms with Crippen LogP contribution in [0.15, 0.2) is 24.3 Å². The maximum Gasteiger partial charge on any atom is 0.236 e. The van der Waals surface area contributed by atoms with Crippen molar-refractivity contribution in [2.24, 2.45) is 11.7 Å². The van der Waals surface area contributed by atoms with E-state index in [0.29, 0.717) is 24.0 Å². The Bertz CT molecular complexity index is 452. The number of hydrogen-bond donors (Lipinski definition) is 3. The van der Waals surface area contributed by atoms with Gasteiger partial charge in [-0.15, -0.1) is 0 Å². The number of halogens is 1. The average Bonchev–Trinajstić information content (AvgIpc) is 2.44. The molecule has 1 aromatic carbocycles. The van der Waals surface area contributed by atoms with Crippen molar-refractivity contribution in [2.75, 3.05) is 13.2 Å². The molecule has 2 rings (SSSR count). The number of nitrogens with two attached hydrogens (primary N) is 1. The van der Waals surface area contributed by atoms with Gasteiger partial charge in [-0.3, -0.25) is 4.79 Å². The van der Waals surface area contributed by atoms with E-state index in [1.807, 2.05) is 0 Å². The minimum atomic E-state index is -0.502. The van der Waals surface area contributed by atoms with Crippen molar-refractivity contribution < 1.29 is 14.4 Å². The maximum absolute atomic E-state index is 11.5. The van der Waals surface area contributed by atoms with E-state index in [1.54, 1.807) is 24.3 Å². The molecule has 20 heavy (non-hydrogen) atoms. The number of carbonyl (C=O) groups is 1. The Morgan fingerprint density at radius 2 is 2.20 bits per heavy atom. The zero-order valence-electron chi connectivity index (χ0n) is 11.0. The van der Waals surface area contributed by atoms with Crippen molar-refractivity contribution in [1.82, 2.24) is 11.0 Å². The van der Waals surface area contributed by atoms with Crippen molar-refractivity contribution in [1.29, 1.82) is 0 Å². The molecule has 1 unspecified atom stereocenters. The van der Waals surface area contributed by atoms with E-state index in [4.69, 9.17) is 26.9 Å². The van der Waals surface area contributed by atoms with E-state index >= 15 is 0 Å². The molecule has 0 aliphatic carbocycles. The first kappa shape index (κ1) is 15.1. The molecule has 1 amide bonds. The van der Waals surface area contributed by atoms with Crippen LogP contribution in [0.1, 0.15) is 12.8 Å². The Labute approximate surface area is 122 Å². The van der Waals surface area contributed by atoms with E-state index in [1.165, 1.54) is 0 Å². The number of carbonyl (C=O) groups excluding carboxylic acids is 1. The number of amides is 1. The smallest absolute Gasteiger partial charge is 0.236 e. The maximum atomic E-state index is 11.5. The van der Waals surface area contributed by atoms with Gasteiger partial charge in [-0.25, -0.2) is 5.43 Å². The number of hydrogen-bond acceptors (Lipinski definition) is 5. The molecule has 1 aliphatic heterocycles. The summed E-state index contributed by atoms with van der Waals surface area (Å²) >= 11 is 5.84. The summed E-state index contributed by atoms with van der Waals surface area (Å²) in [6.07, 6.45) is 1.58. The SMILES string of the molecule is NC(=O)C(NNOc1cccc(Cl)c1)C1CCOCC1. The fourth-order valence-electron chi connectivity index (χ4n) is 2.15. The third-order valence-electron chi connectivity index (χ3n) is 3.22. The number of primary amides is 1. The summed E-state index contributed by atoms with van der Waals surface area (Å²) in [6.45, 7) is 1.29. The first-order valence-corrected chi connectivity index (χ1v) is 6.84. The molecule has 1 aromatic rings. The van der Waals surface area contributed by atoms with Crippen LogP contribution in [0.2, 0.25) is 5.02 Å². The van der Waals surface area contributed by atoms with Crippen LogP contribution in [-0.4, -0.2) is 25.2 Å². The van der Waals surface area contributed by atoms with E-state index in [-0.39, 0.29) is 5.92 Å². The zero-order chi connectivity index (χ0) is 14.4. The summed E-state index contributed by atoms with van der Waals surface area (Å²) in [5, 5.41) is 0.570. The molecule has 4 N–H and O–H groups in total. The molecule has 7 heteroatoms. The van der Waals surface area contributed by atoms with Gasteiger partial charge in [-0.1, -0.05) is 23.3 Å². The topological polar surface area (TPSA) is 85.6 Å². The number of ether oxygens (including phenoxy) is 1. The second-order valence-corrected chi connectivity index (χ2v) is 5.07. The molecule has 1 atom stereocenters. The molecule has 0 spiro atoms. The molecule has 1 heterocycles. The van der Waals surface area contributed by atoms with Gasteiger partial charge in [0.25, 0.3) is 0 Å². The second kappa shape index (κ2) is 7.44. The summed E-state index contributed by atoms with van der Waals surface area (Å²) in [7, 11) is 0. The first-order valence-electron chi connectivity index (χ1n) is 6.47. The predicted octanol–water partition coefficient (Wildman–Crippen LogP) is 1.01. The Morgan fingerprint density at radius 3 is 2.85 bits per heavy atom. The number of hydrazine groups is 1. The van der Waals surface area contributed by atoms with Crippen molar-refractivity contribution in [3.63, 3.8) is 0 Å². The summed E-state index contributed by atoms with van der Waals surface area (Å²) in [5.74, 6) is 0.260. The van der Waals surface area contributed by atoms with Crippen LogP contribution in [-0.2, 0) is 9.53 Å². The Kier molecular flexibility index (Phi) is 5.60. The van der Waals surface area contributed by atoms with Gasteiger partial charge < -0.3 is 15.3 Å². The van der Waals surface area contributed by atoms with Gasteiger partial charge in [0.15, 0.2) is 0 Å². The Morgan fingerprint density at radius 1 is 1.45 bits per heavy atom. The third-order valence-corrected chi connectivity index (χ3v) is 3.46. The molecule has 1 saturated heterocycles. The van der Waals surface area contributed by atoms with Gasteiger partial charge in [-0.05, 0) is 30.9 Å². The van der Waals surface area contributed by atoms with Crippen LogP contribution >= 0.6 is 11.6 Å². The summed E-state index contributed by atoms with van der Waals surface area (Å²) in [5.41, 5.74) is 10.8. The summed E-state index contributed by atoms with van der Waals surface area (Å²) in [6, 6.07) is 6.41. The first-order chi connectivity index (χ1) is 9.66. The fraction of sp³-hybridized carbons (Fsp3) is 0.462. The van der Waals surface area contributed by atoms with Crippen LogP contribution in [0.25, 0.3) is 0 Å². The minimum absolute atomic E-state index is 0.136. The van der Waals surface area contributed by atoms with E-state index in [0.717, 1.165) is 12.8 Å². The van der Waals surface area contributed by atoms with Gasteiger partial charge in [0.2, 0.25) is 5.91 Å². The van der Waals surface area contributed by atoms with Crippen molar-refractivity contribution in [3.8, 4) is 5.75 Å². The molecule has 1 aliphatic rings. The van der Waals surface area contributed by atoms with Crippen LogP contribution < -0.4 is 21.6 Å². The van der Waals surface area contributed by atoms with E-state index in [9.17, 15) is 4.79 Å². The number of benzene rings is 1. The van der Waals surface area contributed by atoms with E-state index in [2.05, 4.69) is 11.0 Å². The second-order valence-electron chi connectivity index (χ2n) is 4.64. The Balaban J connectivity index is 1.84. The number of nitrogens with one attached hydrogen (secondary N) is 2. The van der Waals surface area contributed by atoms with Crippen molar-refractivity contribution >= 4 is 17.5 Å². The highest BCUT2D eigenvalue weighted by atomic mass is 35.5. The lowest BCUT2D eigenvalue weighted by atomic mass is 9.92. The highest BCUT2D eigenvalue weighted by molar-refractivity contribution is 6.30. The van der Waals surface area contributed by atoms with Crippen LogP contribution in [0.3, 0.4) is 0 Å². The Hall–Kier alpha value is -1.34. The average molecular weight is 300 g/mol. The molecule has 1 fully saturated rings. The van der Waals surface area contributed by atoms with E-state index < -0.39 is 11.9 Å². The lowest BCUT2D eigenvalue weighted by molar-refractivity contribution is -0.123. The predicted molar refractivity (Wildman–Crippen MR) is 74.9 cm³/mol. The highest BCUT2D eigenvalue weighted by Crippen LogP contribution is 2.19. The molecular formula is C13H18ClN3O3. The van der Waals surface area contributed by atoms with Gasteiger partial charge in [-0.2, -0.15) is 0 Å². The van der Waals surface area contributed by atoms with Gasteiger partial charge in [0, 0.05) is 24.3 Å². The van der Waals surface area contributed by atoms with Crippen LogP contribution in [0.5, 0.6) is 5.75 Å². The molecule has 6 nitrogen and oxygen atoms in total. The van der Waals surface area contributed by atoms with Crippen molar-refractivity contribution in [2.45, 2.75) is 18.9 Å². The van der Waals surface area contributed by atoms with Gasteiger partial charge in [0.05, 0.1) is 0 Å². The minimum Gasteiger partial charge on any atom is -0.394 e. The fourth-order valence-corrected chi connectivity index (χ4v) is 2.33. The van der Waals surface area contributed by atoms with Crippen molar-refractivity contribution in [3.05, 3.63) is 29.3 Å². The zero-order valence-corrected chi connectivity index (χ0v) is 11.7. The standard InChI is InChI=1S/C13H18ClN3O3/c14-10-2-1-3-11(8-10)20-17-16-12(13(15)18)9-4-6-19-7-5-9/h1-3,8-9,12,16-17H,4-7H2,(H2,15,18). The highest BCUT2D eigenvalue weighted by Gasteiger charge is 2.28. The number of rotatable bonds is 6. The molecule has 0 bridgehead atoms. The quantitative estimate of drug-likeness (QED) is 0.683. The lowest BCUT2D eigenvalue weighted by Gasteiger charge is -2.28. The largest absolute Gasteiger partial charge is 0.394 e. The van der Waals surface area contributed by atoms with Gasteiger partial charge in [0.1, 0.15) is 11.8 Å². The monoisotopic (exact) mass is 299 g/mol. The lowest BCUT2D eigenvalue weighted by Crippen LogP contribution is -2.54. The summed E-state index contributed by atoms with van der Waals surface area (Å²) < 4.78 is 5.27. The summed E-state index contributed by atoms with van der Waals surface area (Å²) in [4.78, 5) is 16.8. The third kappa shape index (κ3) is 4.35. The van der Waals surface area contributed by atoms with Crippen LogP contribution in [0, 0.1) is 5.92 Å². The molecule has 0 radical (unpaired) electrons. The molecule has 0 saturated carbocycles. The molecule has 110 valence electrons. The van der Waals surface area contributed by atoms with Gasteiger partial charge >= 0.3 is 0 Å². The normalized spacial score (nSPS) is 17.6. The molecule has 0 aromatic heterocycles.